The van der Waals surface area contributed by atoms with Gasteiger partial charge in [0.15, 0.2) is 0 Å². The Bertz CT molecular complexity index is 697. The van der Waals surface area contributed by atoms with Crippen molar-refractivity contribution < 1.29 is 14.6 Å². The van der Waals surface area contributed by atoms with Crippen LogP contribution in [-0.2, 0) is 22.5 Å². The van der Waals surface area contributed by atoms with Crippen LogP contribution in [0.5, 0.6) is 0 Å². The van der Waals surface area contributed by atoms with E-state index in [0.29, 0.717) is 32.3 Å². The summed E-state index contributed by atoms with van der Waals surface area (Å²) in [6, 6.07) is 0. The molecule has 4 rings (SSSR count). The number of hydrogen-bond donors (Lipinski definition) is 1. The molecular formula is C19H29N5O3. The number of piperidine rings is 1. The molecule has 3 aliphatic heterocycles. The smallest absolute Gasteiger partial charge is 0.228 e. The average Bonchev–Trinajstić information content (AvgIpc) is 3.21. The van der Waals surface area contributed by atoms with E-state index in [1.807, 2.05) is 23.9 Å². The number of hydrogen-bond acceptors (Lipinski definition) is 7. The molecule has 27 heavy (non-hydrogen) atoms. The molecule has 2 fully saturated rings. The van der Waals surface area contributed by atoms with Gasteiger partial charge >= 0.3 is 0 Å². The maximum Gasteiger partial charge on any atom is 0.228 e. The van der Waals surface area contributed by atoms with Gasteiger partial charge in [0.05, 0.1) is 30.9 Å². The highest BCUT2D eigenvalue weighted by atomic mass is 16.5. The standard InChI is InChI=1S/C19H29N5O3/c1-22(2)19-20-16-5-9-24(18(26)13-6-10-27-12-13)11-15(16)17(21-19)23-7-3-14(25)4-8-23/h13-14,25H,3-12H2,1-2H3. The molecule has 0 bridgehead atoms. The quantitative estimate of drug-likeness (QED) is 0.820. The van der Waals surface area contributed by atoms with E-state index < -0.39 is 0 Å². The van der Waals surface area contributed by atoms with Gasteiger partial charge in [-0.05, 0) is 19.3 Å². The van der Waals surface area contributed by atoms with Crippen molar-refractivity contribution in [2.24, 2.45) is 5.92 Å². The van der Waals surface area contributed by atoms with Crippen LogP contribution in [-0.4, -0.2) is 78.9 Å². The van der Waals surface area contributed by atoms with Crippen LogP contribution in [0.3, 0.4) is 0 Å². The highest BCUT2D eigenvalue weighted by Crippen LogP contribution is 2.31. The van der Waals surface area contributed by atoms with Gasteiger partial charge < -0.3 is 24.5 Å². The van der Waals surface area contributed by atoms with E-state index in [1.165, 1.54) is 0 Å². The maximum absolute atomic E-state index is 12.9. The third kappa shape index (κ3) is 3.73. The number of aliphatic hydroxyl groups is 1. The molecule has 8 nitrogen and oxygen atoms in total. The minimum Gasteiger partial charge on any atom is -0.393 e. The second-order valence-electron chi connectivity index (χ2n) is 7.96. The number of fused-ring (bicyclic) bond motifs is 1. The molecular weight excluding hydrogens is 346 g/mol. The maximum atomic E-state index is 12.9. The van der Waals surface area contributed by atoms with E-state index in [0.717, 1.165) is 55.8 Å². The summed E-state index contributed by atoms with van der Waals surface area (Å²) in [7, 11) is 3.90. The molecule has 4 heterocycles. The highest BCUT2D eigenvalue weighted by Gasteiger charge is 2.33. The Balaban J connectivity index is 1.62. The van der Waals surface area contributed by atoms with Crippen LogP contribution in [0.4, 0.5) is 11.8 Å². The van der Waals surface area contributed by atoms with Crippen LogP contribution in [0.15, 0.2) is 0 Å². The fourth-order valence-electron chi connectivity index (χ4n) is 4.10. The van der Waals surface area contributed by atoms with Gasteiger partial charge in [0, 0.05) is 52.3 Å². The summed E-state index contributed by atoms with van der Waals surface area (Å²) >= 11 is 0. The van der Waals surface area contributed by atoms with Crippen molar-refractivity contribution in [3.8, 4) is 0 Å². The fraction of sp³-hybridized carbons (Fsp3) is 0.737. The Morgan fingerprint density at radius 1 is 1.19 bits per heavy atom. The van der Waals surface area contributed by atoms with Gasteiger partial charge in [-0.3, -0.25) is 4.79 Å². The minimum atomic E-state index is -0.229. The lowest BCUT2D eigenvalue weighted by molar-refractivity contribution is -0.136. The number of carbonyl (C=O) groups excluding carboxylic acids is 1. The number of anilines is 2. The van der Waals surface area contributed by atoms with Gasteiger partial charge in [-0.1, -0.05) is 0 Å². The molecule has 1 aromatic heterocycles. The first kappa shape index (κ1) is 18.4. The molecule has 148 valence electrons. The lowest BCUT2D eigenvalue weighted by Gasteiger charge is -2.36. The predicted molar refractivity (Wildman–Crippen MR) is 102 cm³/mol. The monoisotopic (exact) mass is 375 g/mol. The summed E-state index contributed by atoms with van der Waals surface area (Å²) in [6.45, 7) is 4.04. The fourth-order valence-corrected chi connectivity index (χ4v) is 4.10. The minimum absolute atomic E-state index is 0.0119. The molecule has 8 heteroatoms. The Kier molecular flexibility index (Phi) is 5.19. The molecule has 0 aliphatic carbocycles. The van der Waals surface area contributed by atoms with Crippen LogP contribution in [0.2, 0.25) is 0 Å². The van der Waals surface area contributed by atoms with E-state index in [1.54, 1.807) is 0 Å². The summed E-state index contributed by atoms with van der Waals surface area (Å²) < 4.78 is 5.40. The van der Waals surface area contributed by atoms with Gasteiger partial charge in [0.1, 0.15) is 5.82 Å². The van der Waals surface area contributed by atoms with Crippen LogP contribution in [0.25, 0.3) is 0 Å². The summed E-state index contributed by atoms with van der Waals surface area (Å²) in [5.41, 5.74) is 2.11. The molecule has 0 spiro atoms. The molecule has 0 saturated carbocycles. The van der Waals surface area contributed by atoms with Gasteiger partial charge in [0.2, 0.25) is 11.9 Å². The highest BCUT2D eigenvalue weighted by molar-refractivity contribution is 5.79. The predicted octanol–water partition coefficient (Wildman–Crippen LogP) is 0.425. The van der Waals surface area contributed by atoms with E-state index in [4.69, 9.17) is 14.7 Å². The number of carbonyl (C=O) groups is 1. The Morgan fingerprint density at radius 2 is 1.96 bits per heavy atom. The van der Waals surface area contributed by atoms with Gasteiger partial charge in [-0.2, -0.15) is 4.98 Å². The number of aliphatic hydroxyl groups excluding tert-OH is 1. The number of aromatic nitrogens is 2. The third-order valence-electron chi connectivity index (χ3n) is 5.78. The van der Waals surface area contributed by atoms with Gasteiger partial charge in [0.25, 0.3) is 0 Å². The topological polar surface area (TPSA) is 82.0 Å². The number of nitrogens with zero attached hydrogens (tertiary/aromatic N) is 5. The molecule has 0 radical (unpaired) electrons. The summed E-state index contributed by atoms with van der Waals surface area (Å²) in [5.74, 6) is 1.81. The first-order valence-corrected chi connectivity index (χ1v) is 9.89. The lowest BCUT2D eigenvalue weighted by atomic mass is 10.0. The van der Waals surface area contributed by atoms with Crippen LogP contribution >= 0.6 is 0 Å². The molecule has 0 aromatic carbocycles. The van der Waals surface area contributed by atoms with Crippen molar-refractivity contribution in [2.45, 2.75) is 38.3 Å². The molecule has 1 N–H and O–H groups in total. The first-order valence-electron chi connectivity index (χ1n) is 9.89. The van der Waals surface area contributed by atoms with E-state index in [-0.39, 0.29) is 17.9 Å². The van der Waals surface area contributed by atoms with Gasteiger partial charge in [-0.15, -0.1) is 0 Å². The van der Waals surface area contributed by atoms with Crippen molar-refractivity contribution >= 4 is 17.7 Å². The number of rotatable bonds is 3. The molecule has 1 aromatic rings. The second-order valence-corrected chi connectivity index (χ2v) is 7.96. The molecule has 2 saturated heterocycles. The Morgan fingerprint density at radius 3 is 2.63 bits per heavy atom. The first-order chi connectivity index (χ1) is 13.0. The Hall–Kier alpha value is -1.93. The number of ether oxygens (including phenoxy) is 1. The van der Waals surface area contributed by atoms with E-state index >= 15 is 0 Å². The molecule has 3 aliphatic rings. The summed E-state index contributed by atoms with van der Waals surface area (Å²) in [4.78, 5) is 28.6. The largest absolute Gasteiger partial charge is 0.393 e. The zero-order chi connectivity index (χ0) is 19.0. The zero-order valence-electron chi connectivity index (χ0n) is 16.2. The van der Waals surface area contributed by atoms with E-state index in [2.05, 4.69) is 4.90 Å². The van der Waals surface area contributed by atoms with Crippen molar-refractivity contribution in [1.29, 1.82) is 0 Å². The second kappa shape index (κ2) is 7.59. The van der Waals surface area contributed by atoms with Crippen LogP contribution < -0.4 is 9.80 Å². The average molecular weight is 375 g/mol. The summed E-state index contributed by atoms with van der Waals surface area (Å²) in [5, 5.41) is 9.86. The molecule has 1 unspecified atom stereocenters. The van der Waals surface area contributed by atoms with E-state index in [9.17, 15) is 9.90 Å². The third-order valence-corrected chi connectivity index (χ3v) is 5.78. The Labute approximate surface area is 160 Å². The van der Waals surface area contributed by atoms with Crippen molar-refractivity contribution in [1.82, 2.24) is 14.9 Å². The van der Waals surface area contributed by atoms with Gasteiger partial charge in [-0.25, -0.2) is 4.98 Å². The normalized spacial score (nSPS) is 23.4. The zero-order valence-corrected chi connectivity index (χ0v) is 16.2. The summed E-state index contributed by atoms with van der Waals surface area (Å²) in [6.07, 6.45) is 2.83. The SMILES string of the molecule is CN(C)c1nc2c(c(N3CCC(O)CC3)n1)CN(C(=O)C1CCOC1)CC2. The van der Waals surface area contributed by atoms with Crippen molar-refractivity contribution in [3.63, 3.8) is 0 Å². The molecule has 1 amide bonds. The van der Waals surface area contributed by atoms with Crippen LogP contribution in [0, 0.1) is 5.92 Å². The van der Waals surface area contributed by atoms with Crippen LogP contribution in [0.1, 0.15) is 30.5 Å². The lowest BCUT2D eigenvalue weighted by Crippen LogP contribution is -2.43. The van der Waals surface area contributed by atoms with Crippen molar-refractivity contribution in [3.05, 3.63) is 11.3 Å². The number of amides is 1. The van der Waals surface area contributed by atoms with Crippen molar-refractivity contribution in [2.75, 3.05) is 56.7 Å². The molecule has 1 atom stereocenters.